The predicted octanol–water partition coefficient (Wildman–Crippen LogP) is 6.78. The van der Waals surface area contributed by atoms with Gasteiger partial charge in [0, 0.05) is 22.5 Å². The largest absolute Gasteiger partial charge is 0.312 e. The van der Waals surface area contributed by atoms with E-state index in [0.29, 0.717) is 17.3 Å². The average Bonchev–Trinajstić information content (AvgIpc) is 3.13. The normalized spacial score (nSPS) is 11.2. The van der Waals surface area contributed by atoms with Gasteiger partial charge in [-0.25, -0.2) is 9.38 Å². The molecule has 0 saturated carbocycles. The lowest BCUT2D eigenvalue weighted by Crippen LogP contribution is -2.16. The zero-order valence-corrected chi connectivity index (χ0v) is 19.2. The van der Waals surface area contributed by atoms with Crippen LogP contribution in [0.15, 0.2) is 83.2 Å². The fourth-order valence-corrected chi connectivity index (χ4v) is 4.01. The monoisotopic (exact) mass is 519 g/mol. The molecule has 1 heterocycles. The molecular weight excluding hydrogens is 505 g/mol. The van der Waals surface area contributed by atoms with Crippen molar-refractivity contribution < 1.29 is 9.31 Å². The van der Waals surface area contributed by atoms with Gasteiger partial charge in [-0.2, -0.15) is 0 Å². The lowest BCUT2D eigenvalue weighted by atomic mass is 10.1. The van der Waals surface area contributed by atoms with E-state index in [1.807, 2.05) is 34.2 Å². The second-order valence-corrected chi connectivity index (χ2v) is 7.78. The minimum atomic E-state index is -0.422. The van der Waals surface area contributed by atoms with Gasteiger partial charge in [0.25, 0.3) is 5.69 Å². The van der Waals surface area contributed by atoms with Crippen LogP contribution in [0, 0.1) is 15.9 Å². The van der Waals surface area contributed by atoms with Crippen molar-refractivity contribution in [2.75, 3.05) is 0 Å². The molecule has 31 heavy (non-hydrogen) atoms. The zero-order valence-electron chi connectivity index (χ0n) is 15.9. The number of nitro groups is 1. The first-order chi connectivity index (χ1) is 14.5. The number of aromatic nitrogens is 1. The Morgan fingerprint density at radius 2 is 1.65 bits per heavy atom. The number of nitro benzene ring substituents is 1. The first-order valence-corrected chi connectivity index (χ1v) is 10.2. The third-order valence-corrected chi connectivity index (χ3v) is 5.59. The summed E-state index contributed by atoms with van der Waals surface area (Å²) in [5, 5.41) is 13.6. The van der Waals surface area contributed by atoms with E-state index < -0.39 is 4.92 Å². The predicted molar refractivity (Wildman–Crippen MR) is 127 cm³/mol. The summed E-state index contributed by atoms with van der Waals surface area (Å²) < 4.78 is 15.3. The molecule has 4 aromatic rings. The number of non-ortho nitro benzene ring substituents is 1. The van der Waals surface area contributed by atoms with Gasteiger partial charge < -0.3 is 4.57 Å². The quantitative estimate of drug-likeness (QED) is 0.215. The molecule has 0 amide bonds. The standard InChI is InChI=1S/C22H15ClFN3O2S.BrH/c23-17-5-1-15(2-6-17)13-26-21(16-3-11-20(12-4-16)27(28)29)14-30-22(26)25-19-9-7-18(24)8-10-19;/h1-12,14H,13H2;1H. The fourth-order valence-electron chi connectivity index (χ4n) is 2.95. The third kappa shape index (κ3) is 5.46. The molecule has 3 aromatic carbocycles. The smallest absolute Gasteiger partial charge is 0.269 e. The lowest BCUT2D eigenvalue weighted by Gasteiger charge is -2.10. The van der Waals surface area contributed by atoms with E-state index in [1.54, 1.807) is 24.3 Å². The molecule has 0 fully saturated rings. The second-order valence-electron chi connectivity index (χ2n) is 6.51. The number of thiazole rings is 1. The summed E-state index contributed by atoms with van der Waals surface area (Å²) in [4.78, 5) is 15.9. The molecule has 4 rings (SSSR count). The van der Waals surface area contributed by atoms with Crippen molar-refractivity contribution in [2.45, 2.75) is 6.54 Å². The molecule has 0 spiro atoms. The van der Waals surface area contributed by atoms with Crippen LogP contribution in [0.5, 0.6) is 0 Å². The molecule has 0 bridgehead atoms. The average molecular weight is 521 g/mol. The molecule has 0 saturated heterocycles. The molecule has 0 atom stereocenters. The van der Waals surface area contributed by atoms with Crippen LogP contribution in [0.2, 0.25) is 5.02 Å². The lowest BCUT2D eigenvalue weighted by molar-refractivity contribution is -0.384. The van der Waals surface area contributed by atoms with Gasteiger partial charge in [0.1, 0.15) is 5.82 Å². The van der Waals surface area contributed by atoms with Crippen LogP contribution in [0.25, 0.3) is 11.3 Å². The molecule has 0 aliphatic carbocycles. The van der Waals surface area contributed by atoms with Gasteiger partial charge in [0.15, 0.2) is 4.80 Å². The Labute approximate surface area is 197 Å². The van der Waals surface area contributed by atoms with Gasteiger partial charge in [-0.05, 0) is 59.7 Å². The number of hydrogen-bond acceptors (Lipinski definition) is 4. The minimum absolute atomic E-state index is 0. The van der Waals surface area contributed by atoms with Crippen LogP contribution < -0.4 is 4.80 Å². The van der Waals surface area contributed by atoms with E-state index in [2.05, 4.69) is 4.99 Å². The van der Waals surface area contributed by atoms with Gasteiger partial charge >= 0.3 is 0 Å². The number of halogens is 3. The summed E-state index contributed by atoms with van der Waals surface area (Å²) in [6.07, 6.45) is 0. The van der Waals surface area contributed by atoms with Crippen molar-refractivity contribution in [3.05, 3.63) is 109 Å². The second kappa shape index (κ2) is 10.00. The summed E-state index contributed by atoms with van der Waals surface area (Å²) >= 11 is 7.45. The van der Waals surface area contributed by atoms with Crippen LogP contribution in [-0.2, 0) is 6.54 Å². The molecule has 9 heteroatoms. The topological polar surface area (TPSA) is 60.4 Å². The van der Waals surface area contributed by atoms with Crippen molar-refractivity contribution in [1.82, 2.24) is 4.57 Å². The molecule has 1 aromatic heterocycles. The summed E-state index contributed by atoms with van der Waals surface area (Å²) in [6.45, 7) is 0.535. The maximum Gasteiger partial charge on any atom is 0.269 e. The zero-order chi connectivity index (χ0) is 21.1. The summed E-state index contributed by atoms with van der Waals surface area (Å²) in [6, 6.07) is 19.9. The van der Waals surface area contributed by atoms with Crippen molar-refractivity contribution in [3.63, 3.8) is 0 Å². The first kappa shape index (κ1) is 22.9. The van der Waals surface area contributed by atoms with Gasteiger partial charge in [-0.15, -0.1) is 28.3 Å². The van der Waals surface area contributed by atoms with Crippen LogP contribution in [0.1, 0.15) is 5.56 Å². The van der Waals surface area contributed by atoms with Crippen molar-refractivity contribution >= 4 is 51.3 Å². The SMILES string of the molecule is Br.O=[N+]([O-])c1ccc(-c2csc(=Nc3ccc(F)cc3)n2Cc2ccc(Cl)cc2)cc1. The number of hydrogen-bond donors (Lipinski definition) is 0. The Morgan fingerprint density at radius 1 is 1.00 bits per heavy atom. The molecular formula is C22H16BrClFN3O2S. The Bertz CT molecular complexity index is 1250. The van der Waals surface area contributed by atoms with Crippen LogP contribution in [0.3, 0.4) is 0 Å². The van der Waals surface area contributed by atoms with Gasteiger partial charge in [-0.3, -0.25) is 10.1 Å². The van der Waals surface area contributed by atoms with E-state index in [9.17, 15) is 14.5 Å². The number of benzene rings is 3. The summed E-state index contributed by atoms with van der Waals surface area (Å²) in [5.74, 6) is -0.319. The van der Waals surface area contributed by atoms with Crippen LogP contribution in [0.4, 0.5) is 15.8 Å². The van der Waals surface area contributed by atoms with E-state index in [1.165, 1.54) is 35.6 Å². The number of nitrogens with zero attached hydrogens (tertiary/aromatic N) is 3. The summed E-state index contributed by atoms with van der Waals surface area (Å²) in [7, 11) is 0. The van der Waals surface area contributed by atoms with Gasteiger partial charge in [0.05, 0.1) is 22.8 Å². The maximum absolute atomic E-state index is 13.2. The Balaban J connectivity index is 0.00000272. The van der Waals surface area contributed by atoms with E-state index in [0.717, 1.165) is 21.6 Å². The van der Waals surface area contributed by atoms with E-state index in [4.69, 9.17) is 11.6 Å². The maximum atomic E-state index is 13.2. The highest BCUT2D eigenvalue weighted by atomic mass is 79.9. The summed E-state index contributed by atoms with van der Waals surface area (Å²) in [5.41, 5.74) is 3.42. The molecule has 0 aliphatic heterocycles. The minimum Gasteiger partial charge on any atom is -0.312 e. The molecule has 0 unspecified atom stereocenters. The molecule has 0 aliphatic rings. The van der Waals surface area contributed by atoms with E-state index in [-0.39, 0.29) is 28.5 Å². The highest BCUT2D eigenvalue weighted by Gasteiger charge is 2.11. The van der Waals surface area contributed by atoms with Crippen molar-refractivity contribution in [3.8, 4) is 11.3 Å². The van der Waals surface area contributed by atoms with Crippen molar-refractivity contribution in [2.24, 2.45) is 4.99 Å². The van der Waals surface area contributed by atoms with Crippen LogP contribution in [-0.4, -0.2) is 9.49 Å². The first-order valence-electron chi connectivity index (χ1n) is 8.97. The van der Waals surface area contributed by atoms with E-state index >= 15 is 0 Å². The highest BCUT2D eigenvalue weighted by Crippen LogP contribution is 2.25. The Kier molecular flexibility index (Phi) is 7.37. The Hall–Kier alpha value is -2.81. The molecule has 0 radical (unpaired) electrons. The fraction of sp³-hybridized carbons (Fsp3) is 0.0455. The Morgan fingerprint density at radius 3 is 2.26 bits per heavy atom. The van der Waals surface area contributed by atoms with Crippen LogP contribution >= 0.6 is 39.9 Å². The highest BCUT2D eigenvalue weighted by molar-refractivity contribution is 8.93. The number of rotatable bonds is 5. The van der Waals surface area contributed by atoms with Gasteiger partial charge in [-0.1, -0.05) is 23.7 Å². The van der Waals surface area contributed by atoms with Crippen molar-refractivity contribution in [1.29, 1.82) is 0 Å². The molecule has 158 valence electrons. The van der Waals surface area contributed by atoms with Gasteiger partial charge in [0.2, 0.25) is 0 Å². The molecule has 0 N–H and O–H groups in total. The third-order valence-electron chi connectivity index (χ3n) is 4.48. The molecule has 5 nitrogen and oxygen atoms in total.